The molecule has 1 saturated carbocycles. The summed E-state index contributed by atoms with van der Waals surface area (Å²) in [5, 5.41) is 11.7. The number of carboxylic acids is 1. The number of carbonyl (C=O) groups is 2. The predicted molar refractivity (Wildman–Crippen MR) is 79.9 cm³/mol. The number of hydrogen-bond acceptors (Lipinski definition) is 3. The fourth-order valence-electron chi connectivity index (χ4n) is 2.32. The molecular weight excluding hydrogens is 298 g/mol. The quantitative estimate of drug-likeness (QED) is 0.793. The van der Waals surface area contributed by atoms with Gasteiger partial charge < -0.3 is 10.4 Å². The fourth-order valence-corrected chi connectivity index (χ4v) is 3.29. The van der Waals surface area contributed by atoms with Crippen LogP contribution in [-0.4, -0.2) is 23.5 Å². The molecular formula is C14H16ClNO3S. The van der Waals surface area contributed by atoms with Crippen LogP contribution in [0, 0.1) is 5.41 Å². The van der Waals surface area contributed by atoms with Crippen molar-refractivity contribution in [2.45, 2.75) is 25.7 Å². The smallest absolute Gasteiger partial charge is 0.303 e. The lowest BCUT2D eigenvalue weighted by Crippen LogP contribution is -2.43. The second kappa shape index (κ2) is 6.41. The van der Waals surface area contributed by atoms with Gasteiger partial charge in [0.1, 0.15) is 0 Å². The Bertz CT molecular complexity index is 534. The van der Waals surface area contributed by atoms with E-state index in [1.165, 1.54) is 17.4 Å². The zero-order chi connectivity index (χ0) is 14.6. The number of thiophene rings is 1. The number of hydrogen-bond donors (Lipinski definition) is 2. The molecule has 0 aliphatic heterocycles. The van der Waals surface area contributed by atoms with E-state index in [1.807, 2.05) is 6.07 Å². The van der Waals surface area contributed by atoms with Gasteiger partial charge in [-0.25, -0.2) is 0 Å². The standard InChI is InChI=1S/C14H16ClNO3S/c15-11-4-2-10(20-11)3-5-12(17)16-9-14(6-1-7-14)8-13(18)19/h2-5H,1,6-9H2,(H,16,17)(H,18,19)/b5-3+. The molecule has 0 radical (unpaired) electrons. The number of aliphatic carboxylic acids is 1. The van der Waals surface area contributed by atoms with Crippen LogP contribution in [0.15, 0.2) is 18.2 Å². The fraction of sp³-hybridized carbons (Fsp3) is 0.429. The van der Waals surface area contributed by atoms with E-state index < -0.39 is 5.97 Å². The zero-order valence-corrected chi connectivity index (χ0v) is 12.5. The third-order valence-corrected chi connectivity index (χ3v) is 4.77. The first-order valence-corrected chi connectivity index (χ1v) is 7.62. The van der Waals surface area contributed by atoms with Gasteiger partial charge in [-0.2, -0.15) is 0 Å². The van der Waals surface area contributed by atoms with Crippen LogP contribution in [0.4, 0.5) is 0 Å². The Morgan fingerprint density at radius 2 is 2.20 bits per heavy atom. The van der Waals surface area contributed by atoms with E-state index in [0.717, 1.165) is 24.1 Å². The van der Waals surface area contributed by atoms with Gasteiger partial charge in [-0.3, -0.25) is 9.59 Å². The normalized spacial score (nSPS) is 16.9. The molecule has 2 rings (SSSR count). The molecule has 1 aliphatic carbocycles. The van der Waals surface area contributed by atoms with Crippen molar-refractivity contribution in [3.05, 3.63) is 27.4 Å². The Labute approximate surface area is 126 Å². The van der Waals surface area contributed by atoms with Crippen LogP contribution in [0.2, 0.25) is 4.34 Å². The Morgan fingerprint density at radius 3 is 2.70 bits per heavy atom. The molecule has 1 aromatic heterocycles. The molecule has 2 N–H and O–H groups in total. The van der Waals surface area contributed by atoms with Crippen molar-refractivity contribution in [3.63, 3.8) is 0 Å². The molecule has 0 spiro atoms. The van der Waals surface area contributed by atoms with Crippen molar-refractivity contribution in [3.8, 4) is 0 Å². The SMILES string of the molecule is O=C(O)CC1(CNC(=O)/C=C/c2ccc(Cl)s2)CCC1. The summed E-state index contributed by atoms with van der Waals surface area (Å²) >= 11 is 7.20. The van der Waals surface area contributed by atoms with Crippen LogP contribution in [0.3, 0.4) is 0 Å². The summed E-state index contributed by atoms with van der Waals surface area (Å²) in [6.07, 6.45) is 6.05. The highest BCUT2D eigenvalue weighted by atomic mass is 35.5. The van der Waals surface area contributed by atoms with E-state index in [2.05, 4.69) is 5.32 Å². The highest BCUT2D eigenvalue weighted by Crippen LogP contribution is 2.43. The molecule has 0 saturated heterocycles. The van der Waals surface area contributed by atoms with Crippen molar-refractivity contribution in [1.29, 1.82) is 0 Å². The second-order valence-electron chi connectivity index (χ2n) is 5.12. The Hall–Kier alpha value is -1.33. The number of carboxylic acid groups (broad SMARTS) is 1. The largest absolute Gasteiger partial charge is 0.481 e. The third-order valence-electron chi connectivity index (χ3n) is 3.57. The summed E-state index contributed by atoms with van der Waals surface area (Å²) in [5.41, 5.74) is -0.248. The minimum Gasteiger partial charge on any atom is -0.481 e. The lowest BCUT2D eigenvalue weighted by molar-refractivity contribution is -0.141. The van der Waals surface area contributed by atoms with Crippen LogP contribution in [-0.2, 0) is 9.59 Å². The number of carbonyl (C=O) groups excluding carboxylic acids is 1. The van der Waals surface area contributed by atoms with Crippen LogP contribution >= 0.6 is 22.9 Å². The third kappa shape index (κ3) is 4.08. The van der Waals surface area contributed by atoms with Gasteiger partial charge in [0.2, 0.25) is 5.91 Å². The number of halogens is 1. The van der Waals surface area contributed by atoms with Crippen molar-refractivity contribution in [2.75, 3.05) is 6.54 Å². The van der Waals surface area contributed by atoms with Crippen molar-refractivity contribution >= 4 is 40.9 Å². The minimum atomic E-state index is -0.803. The van der Waals surface area contributed by atoms with Gasteiger partial charge in [0, 0.05) is 17.5 Å². The summed E-state index contributed by atoms with van der Waals surface area (Å²) < 4.78 is 0.680. The van der Waals surface area contributed by atoms with Gasteiger partial charge in [-0.05, 0) is 36.5 Å². The lowest BCUT2D eigenvalue weighted by atomic mass is 9.66. The van der Waals surface area contributed by atoms with E-state index >= 15 is 0 Å². The first-order valence-electron chi connectivity index (χ1n) is 6.42. The molecule has 1 aliphatic rings. The van der Waals surface area contributed by atoms with Crippen molar-refractivity contribution in [1.82, 2.24) is 5.32 Å². The van der Waals surface area contributed by atoms with Gasteiger partial charge in [-0.1, -0.05) is 18.0 Å². The Morgan fingerprint density at radius 1 is 1.45 bits per heavy atom. The van der Waals surface area contributed by atoms with E-state index in [1.54, 1.807) is 12.1 Å². The molecule has 0 atom stereocenters. The van der Waals surface area contributed by atoms with E-state index in [9.17, 15) is 9.59 Å². The number of rotatable bonds is 6. The summed E-state index contributed by atoms with van der Waals surface area (Å²) in [5.74, 6) is -1.01. The average molecular weight is 314 g/mol. The molecule has 6 heteroatoms. The average Bonchev–Trinajstić information content (AvgIpc) is 2.75. The van der Waals surface area contributed by atoms with Gasteiger partial charge in [0.25, 0.3) is 0 Å². The summed E-state index contributed by atoms with van der Waals surface area (Å²) in [7, 11) is 0. The maximum atomic E-state index is 11.7. The number of amides is 1. The van der Waals surface area contributed by atoms with Crippen molar-refractivity contribution < 1.29 is 14.7 Å². The van der Waals surface area contributed by atoms with Gasteiger partial charge in [-0.15, -0.1) is 11.3 Å². The lowest BCUT2D eigenvalue weighted by Gasteiger charge is -2.40. The molecule has 0 unspecified atom stereocenters. The predicted octanol–water partition coefficient (Wildman–Crippen LogP) is 3.18. The summed E-state index contributed by atoms with van der Waals surface area (Å²) in [4.78, 5) is 23.5. The van der Waals surface area contributed by atoms with Crippen LogP contribution in [0.5, 0.6) is 0 Å². The first kappa shape index (κ1) is 15.1. The maximum Gasteiger partial charge on any atom is 0.303 e. The molecule has 1 aromatic rings. The monoisotopic (exact) mass is 313 g/mol. The molecule has 1 fully saturated rings. The molecule has 0 aromatic carbocycles. The maximum absolute atomic E-state index is 11.7. The molecule has 1 amide bonds. The van der Waals surface area contributed by atoms with Gasteiger partial charge in [0.15, 0.2) is 0 Å². The van der Waals surface area contributed by atoms with E-state index in [4.69, 9.17) is 16.7 Å². The summed E-state index contributed by atoms with van der Waals surface area (Å²) in [6.45, 7) is 0.424. The Kier molecular flexibility index (Phi) is 4.83. The van der Waals surface area contributed by atoms with Crippen LogP contribution < -0.4 is 5.32 Å². The number of nitrogens with one attached hydrogen (secondary N) is 1. The molecule has 20 heavy (non-hydrogen) atoms. The second-order valence-corrected chi connectivity index (χ2v) is 6.86. The van der Waals surface area contributed by atoms with E-state index in [0.29, 0.717) is 10.9 Å². The van der Waals surface area contributed by atoms with Crippen LogP contribution in [0.1, 0.15) is 30.6 Å². The van der Waals surface area contributed by atoms with Gasteiger partial charge in [0.05, 0.1) is 10.8 Å². The first-order chi connectivity index (χ1) is 9.49. The Balaban J connectivity index is 1.82. The highest BCUT2D eigenvalue weighted by molar-refractivity contribution is 7.17. The zero-order valence-electron chi connectivity index (χ0n) is 10.9. The highest BCUT2D eigenvalue weighted by Gasteiger charge is 2.38. The minimum absolute atomic E-state index is 0.123. The van der Waals surface area contributed by atoms with E-state index in [-0.39, 0.29) is 17.7 Å². The topological polar surface area (TPSA) is 66.4 Å². The molecule has 1 heterocycles. The van der Waals surface area contributed by atoms with Crippen LogP contribution in [0.25, 0.3) is 6.08 Å². The summed E-state index contributed by atoms with van der Waals surface area (Å²) in [6, 6.07) is 3.62. The van der Waals surface area contributed by atoms with Gasteiger partial charge >= 0.3 is 5.97 Å². The molecule has 4 nitrogen and oxygen atoms in total. The van der Waals surface area contributed by atoms with Crippen molar-refractivity contribution in [2.24, 2.45) is 5.41 Å². The molecule has 108 valence electrons. The molecule has 0 bridgehead atoms.